The van der Waals surface area contributed by atoms with Gasteiger partial charge in [-0.3, -0.25) is 10.1 Å². The first-order valence-corrected chi connectivity index (χ1v) is 7.50. The molecule has 3 aromatic rings. The third-order valence-corrected chi connectivity index (χ3v) is 4.03. The van der Waals surface area contributed by atoms with E-state index in [0.29, 0.717) is 6.42 Å². The number of nitro benzene ring substituents is 1. The van der Waals surface area contributed by atoms with Crippen molar-refractivity contribution in [3.8, 4) is 11.5 Å². The Bertz CT molecular complexity index is 888. The number of benzene rings is 3. The van der Waals surface area contributed by atoms with Crippen LogP contribution in [0.1, 0.15) is 11.1 Å². The number of methoxy groups -OCH3 is 2. The summed E-state index contributed by atoms with van der Waals surface area (Å²) in [5, 5.41) is 12.8. The Morgan fingerprint density at radius 3 is 2.21 bits per heavy atom. The van der Waals surface area contributed by atoms with Crippen molar-refractivity contribution in [2.75, 3.05) is 14.2 Å². The maximum absolute atomic E-state index is 10.8. The quantitative estimate of drug-likeness (QED) is 0.517. The molecule has 0 aliphatic heterocycles. The molecule has 24 heavy (non-hydrogen) atoms. The summed E-state index contributed by atoms with van der Waals surface area (Å²) < 4.78 is 11.0. The molecule has 0 aliphatic rings. The van der Waals surface area contributed by atoms with E-state index in [9.17, 15) is 10.1 Å². The Kier molecular flexibility index (Phi) is 4.33. The molecule has 0 saturated heterocycles. The van der Waals surface area contributed by atoms with Crippen LogP contribution in [0.5, 0.6) is 11.5 Å². The Morgan fingerprint density at radius 1 is 0.917 bits per heavy atom. The summed E-state index contributed by atoms with van der Waals surface area (Å²) in [5.74, 6) is 1.57. The van der Waals surface area contributed by atoms with Gasteiger partial charge in [0, 0.05) is 22.9 Å². The molecule has 0 N–H and O–H groups in total. The van der Waals surface area contributed by atoms with Crippen LogP contribution < -0.4 is 9.47 Å². The molecule has 0 spiro atoms. The van der Waals surface area contributed by atoms with Crippen molar-refractivity contribution >= 4 is 16.5 Å². The number of nitrogens with zero attached hydrogens (tertiary/aromatic N) is 1. The monoisotopic (exact) mass is 323 g/mol. The smallest absolute Gasteiger partial charge is 0.269 e. The van der Waals surface area contributed by atoms with Gasteiger partial charge in [0.05, 0.1) is 19.1 Å². The number of hydrogen-bond donors (Lipinski definition) is 0. The molecule has 0 unspecified atom stereocenters. The van der Waals surface area contributed by atoms with Crippen LogP contribution in [0.3, 0.4) is 0 Å². The third kappa shape index (κ3) is 2.88. The molecule has 0 aliphatic carbocycles. The first kappa shape index (κ1) is 15.8. The third-order valence-electron chi connectivity index (χ3n) is 4.03. The van der Waals surface area contributed by atoms with Gasteiger partial charge < -0.3 is 9.47 Å². The van der Waals surface area contributed by atoms with E-state index in [0.717, 1.165) is 33.4 Å². The van der Waals surface area contributed by atoms with Crippen molar-refractivity contribution in [2.24, 2.45) is 0 Å². The number of nitro groups is 1. The minimum Gasteiger partial charge on any atom is -0.496 e. The number of hydrogen-bond acceptors (Lipinski definition) is 4. The highest BCUT2D eigenvalue weighted by Crippen LogP contribution is 2.36. The summed E-state index contributed by atoms with van der Waals surface area (Å²) in [6.07, 6.45) is 0.652. The van der Waals surface area contributed by atoms with E-state index < -0.39 is 4.92 Å². The molecule has 5 heteroatoms. The zero-order valence-corrected chi connectivity index (χ0v) is 13.5. The van der Waals surface area contributed by atoms with E-state index in [1.807, 2.05) is 30.3 Å². The predicted octanol–water partition coefficient (Wildman–Crippen LogP) is 4.36. The van der Waals surface area contributed by atoms with E-state index in [-0.39, 0.29) is 5.69 Å². The SMILES string of the molecule is COc1ccc(OC)c2c(Cc3ccc([N+](=O)[O-])cc3)cccc12. The van der Waals surface area contributed by atoms with Gasteiger partial charge in [-0.05, 0) is 29.7 Å². The topological polar surface area (TPSA) is 61.6 Å². The molecule has 0 radical (unpaired) electrons. The van der Waals surface area contributed by atoms with Crippen molar-refractivity contribution in [3.63, 3.8) is 0 Å². The van der Waals surface area contributed by atoms with E-state index in [2.05, 4.69) is 0 Å². The minimum atomic E-state index is -0.393. The Balaban J connectivity index is 2.07. The number of non-ortho nitro benzene ring substituents is 1. The molecule has 0 fully saturated rings. The highest BCUT2D eigenvalue weighted by atomic mass is 16.6. The largest absolute Gasteiger partial charge is 0.496 e. The highest BCUT2D eigenvalue weighted by Gasteiger charge is 2.12. The molecule has 0 aromatic heterocycles. The summed E-state index contributed by atoms with van der Waals surface area (Å²) in [7, 11) is 3.29. The van der Waals surface area contributed by atoms with Gasteiger partial charge in [0.1, 0.15) is 11.5 Å². The van der Waals surface area contributed by atoms with Gasteiger partial charge in [-0.1, -0.05) is 30.3 Å². The zero-order valence-electron chi connectivity index (χ0n) is 13.5. The number of fused-ring (bicyclic) bond motifs is 1. The summed E-state index contributed by atoms with van der Waals surface area (Å²) in [6.45, 7) is 0. The van der Waals surface area contributed by atoms with Crippen LogP contribution in [0.25, 0.3) is 10.8 Å². The lowest BCUT2D eigenvalue weighted by molar-refractivity contribution is -0.384. The van der Waals surface area contributed by atoms with E-state index in [1.165, 1.54) is 12.1 Å². The fourth-order valence-electron chi connectivity index (χ4n) is 2.87. The highest BCUT2D eigenvalue weighted by molar-refractivity contribution is 5.96. The Hall–Kier alpha value is -3.08. The summed E-state index contributed by atoms with van der Waals surface area (Å²) in [5.41, 5.74) is 2.17. The Labute approximate surface area is 139 Å². The second kappa shape index (κ2) is 6.58. The summed E-state index contributed by atoms with van der Waals surface area (Å²) in [6, 6.07) is 16.4. The lowest BCUT2D eigenvalue weighted by Crippen LogP contribution is -1.95. The van der Waals surface area contributed by atoms with Gasteiger partial charge in [-0.15, -0.1) is 0 Å². The standard InChI is InChI=1S/C19H17NO4/c1-23-17-10-11-18(24-2)19-14(4-3-5-16(17)19)12-13-6-8-15(9-7-13)20(21)22/h3-11H,12H2,1-2H3. The van der Waals surface area contributed by atoms with Gasteiger partial charge in [0.2, 0.25) is 0 Å². The average molecular weight is 323 g/mol. The molecule has 0 bridgehead atoms. The summed E-state index contributed by atoms with van der Waals surface area (Å²) >= 11 is 0. The van der Waals surface area contributed by atoms with Crippen LogP contribution in [0.15, 0.2) is 54.6 Å². The second-order valence-electron chi connectivity index (χ2n) is 5.41. The van der Waals surface area contributed by atoms with Crippen LogP contribution >= 0.6 is 0 Å². The first-order valence-electron chi connectivity index (χ1n) is 7.50. The molecule has 0 amide bonds. The van der Waals surface area contributed by atoms with Gasteiger partial charge in [-0.25, -0.2) is 0 Å². The molecule has 3 aromatic carbocycles. The van der Waals surface area contributed by atoms with E-state index in [4.69, 9.17) is 9.47 Å². The van der Waals surface area contributed by atoms with Gasteiger partial charge >= 0.3 is 0 Å². The second-order valence-corrected chi connectivity index (χ2v) is 5.41. The van der Waals surface area contributed by atoms with Crippen molar-refractivity contribution in [1.82, 2.24) is 0 Å². The van der Waals surface area contributed by atoms with Crippen LogP contribution in [0.2, 0.25) is 0 Å². The molecular formula is C19H17NO4. The molecule has 122 valence electrons. The molecule has 0 heterocycles. The molecular weight excluding hydrogens is 306 g/mol. The minimum absolute atomic E-state index is 0.0934. The first-order chi connectivity index (χ1) is 11.6. The Morgan fingerprint density at radius 2 is 1.58 bits per heavy atom. The molecule has 3 rings (SSSR count). The van der Waals surface area contributed by atoms with Crippen LogP contribution in [-0.2, 0) is 6.42 Å². The maximum Gasteiger partial charge on any atom is 0.269 e. The predicted molar refractivity (Wildman–Crippen MR) is 93.0 cm³/mol. The zero-order chi connectivity index (χ0) is 17.1. The van der Waals surface area contributed by atoms with E-state index in [1.54, 1.807) is 26.4 Å². The van der Waals surface area contributed by atoms with Gasteiger partial charge in [-0.2, -0.15) is 0 Å². The van der Waals surface area contributed by atoms with Crippen molar-refractivity contribution < 1.29 is 14.4 Å². The van der Waals surface area contributed by atoms with Crippen molar-refractivity contribution in [1.29, 1.82) is 0 Å². The van der Waals surface area contributed by atoms with Crippen LogP contribution in [0, 0.1) is 10.1 Å². The normalized spacial score (nSPS) is 10.6. The van der Waals surface area contributed by atoms with Crippen molar-refractivity contribution in [3.05, 3.63) is 75.8 Å². The number of rotatable bonds is 5. The average Bonchev–Trinajstić information content (AvgIpc) is 2.61. The van der Waals surface area contributed by atoms with Gasteiger partial charge in [0.25, 0.3) is 5.69 Å². The van der Waals surface area contributed by atoms with E-state index >= 15 is 0 Å². The van der Waals surface area contributed by atoms with Crippen LogP contribution in [0.4, 0.5) is 5.69 Å². The fourth-order valence-corrected chi connectivity index (χ4v) is 2.87. The van der Waals surface area contributed by atoms with Crippen molar-refractivity contribution in [2.45, 2.75) is 6.42 Å². The molecule has 0 atom stereocenters. The van der Waals surface area contributed by atoms with Gasteiger partial charge in [0.15, 0.2) is 0 Å². The lowest BCUT2D eigenvalue weighted by Gasteiger charge is -2.13. The molecule has 5 nitrogen and oxygen atoms in total. The molecule has 0 saturated carbocycles. The number of ether oxygens (including phenoxy) is 2. The summed E-state index contributed by atoms with van der Waals surface area (Å²) in [4.78, 5) is 10.4. The lowest BCUT2D eigenvalue weighted by atomic mass is 9.97. The fraction of sp³-hybridized carbons (Fsp3) is 0.158. The maximum atomic E-state index is 10.8. The van der Waals surface area contributed by atoms with Crippen LogP contribution in [-0.4, -0.2) is 19.1 Å².